The average Bonchev–Trinajstić information content (AvgIpc) is 2.57. The molecule has 0 unspecified atom stereocenters. The van der Waals surface area contributed by atoms with Crippen LogP contribution in [0.15, 0.2) is 12.4 Å². The summed E-state index contributed by atoms with van der Waals surface area (Å²) in [7, 11) is 0. The van der Waals surface area contributed by atoms with Gasteiger partial charge in [-0.15, -0.1) is 0 Å². The van der Waals surface area contributed by atoms with Gasteiger partial charge in [-0.05, 0) is 6.42 Å². The predicted molar refractivity (Wildman–Crippen MR) is 54.6 cm³/mol. The van der Waals surface area contributed by atoms with Crippen LogP contribution >= 0.6 is 0 Å². The smallest absolute Gasteiger partial charge is 0.222 e. The number of nitrogens with two attached hydrogens (primary N) is 1. The maximum atomic E-state index is 5.52. The summed E-state index contributed by atoms with van der Waals surface area (Å²) in [5.74, 6) is 0.302. The average molecular weight is 191 g/mol. The Bertz CT molecular complexity index is 434. The summed E-state index contributed by atoms with van der Waals surface area (Å²) < 4.78 is 1.87. The number of fused-ring (bicyclic) bond motifs is 1. The minimum atomic E-state index is 0.302. The van der Waals surface area contributed by atoms with Crippen LogP contribution < -0.4 is 5.73 Å². The van der Waals surface area contributed by atoms with Crippen LogP contribution in [0.25, 0.3) is 11.0 Å². The van der Waals surface area contributed by atoms with E-state index in [1.807, 2.05) is 4.68 Å². The van der Waals surface area contributed by atoms with E-state index in [1.165, 1.54) is 0 Å². The van der Waals surface area contributed by atoms with Crippen molar-refractivity contribution in [2.45, 2.75) is 26.3 Å². The third kappa shape index (κ3) is 1.53. The number of hydrogen-bond acceptors (Lipinski definition) is 4. The van der Waals surface area contributed by atoms with Crippen molar-refractivity contribution >= 4 is 17.0 Å². The van der Waals surface area contributed by atoms with Gasteiger partial charge in [0.2, 0.25) is 5.95 Å². The Morgan fingerprint density at radius 3 is 3.07 bits per heavy atom. The molecule has 74 valence electrons. The normalized spacial score (nSPS) is 10.9. The first-order valence-corrected chi connectivity index (χ1v) is 4.75. The lowest BCUT2D eigenvalue weighted by molar-refractivity contribution is 0.584. The molecule has 0 aliphatic heterocycles. The number of nitrogens with zero attached hydrogens (tertiary/aromatic N) is 4. The van der Waals surface area contributed by atoms with Gasteiger partial charge in [-0.3, -0.25) is 0 Å². The molecule has 2 rings (SSSR count). The maximum absolute atomic E-state index is 5.52. The van der Waals surface area contributed by atoms with Crippen molar-refractivity contribution in [2.24, 2.45) is 0 Å². The molecule has 5 heteroatoms. The lowest BCUT2D eigenvalue weighted by Crippen LogP contribution is -2.02. The molecule has 0 radical (unpaired) electrons. The molecular weight excluding hydrogens is 178 g/mol. The molecule has 0 fully saturated rings. The molecule has 2 heterocycles. The van der Waals surface area contributed by atoms with Crippen LogP contribution in [0.3, 0.4) is 0 Å². The summed E-state index contributed by atoms with van der Waals surface area (Å²) in [5, 5.41) is 5.17. The van der Waals surface area contributed by atoms with Crippen molar-refractivity contribution in [1.29, 1.82) is 0 Å². The van der Waals surface area contributed by atoms with Crippen molar-refractivity contribution in [3.8, 4) is 0 Å². The van der Waals surface area contributed by atoms with Crippen molar-refractivity contribution in [2.75, 3.05) is 5.73 Å². The highest BCUT2D eigenvalue weighted by atomic mass is 15.3. The van der Waals surface area contributed by atoms with Crippen LogP contribution in [0.1, 0.15) is 19.8 Å². The van der Waals surface area contributed by atoms with Crippen LogP contribution in [-0.4, -0.2) is 19.7 Å². The fraction of sp³-hybridized carbons (Fsp3) is 0.444. The van der Waals surface area contributed by atoms with Gasteiger partial charge in [0.25, 0.3) is 0 Å². The Kier molecular flexibility index (Phi) is 2.30. The van der Waals surface area contributed by atoms with E-state index >= 15 is 0 Å². The van der Waals surface area contributed by atoms with Gasteiger partial charge in [0.1, 0.15) is 0 Å². The van der Waals surface area contributed by atoms with E-state index in [0.717, 1.165) is 30.4 Å². The maximum Gasteiger partial charge on any atom is 0.222 e. The molecule has 2 aromatic heterocycles. The van der Waals surface area contributed by atoms with Crippen LogP contribution in [0.5, 0.6) is 0 Å². The lowest BCUT2D eigenvalue weighted by Gasteiger charge is -2.00. The first-order valence-electron chi connectivity index (χ1n) is 4.75. The Hall–Kier alpha value is -1.65. The molecule has 0 amide bonds. The third-order valence-electron chi connectivity index (χ3n) is 2.12. The predicted octanol–water partition coefficient (Wildman–Crippen LogP) is 1.21. The van der Waals surface area contributed by atoms with E-state index < -0.39 is 0 Å². The SMILES string of the molecule is CCCCn1ncc2cnc(N)nc21. The molecule has 0 bridgehead atoms. The quantitative estimate of drug-likeness (QED) is 0.791. The van der Waals surface area contributed by atoms with Crippen LogP contribution in [-0.2, 0) is 6.54 Å². The molecule has 0 aliphatic rings. The molecule has 0 saturated carbocycles. The zero-order chi connectivity index (χ0) is 9.97. The summed E-state index contributed by atoms with van der Waals surface area (Å²) in [5.41, 5.74) is 6.34. The molecule has 14 heavy (non-hydrogen) atoms. The summed E-state index contributed by atoms with van der Waals surface area (Å²) in [4.78, 5) is 8.07. The molecule has 2 N–H and O–H groups in total. The molecule has 2 aromatic rings. The summed E-state index contributed by atoms with van der Waals surface area (Å²) >= 11 is 0. The van der Waals surface area contributed by atoms with Crippen molar-refractivity contribution in [3.63, 3.8) is 0 Å². The molecular formula is C9H13N5. The second-order valence-corrected chi connectivity index (χ2v) is 3.23. The van der Waals surface area contributed by atoms with Gasteiger partial charge in [0, 0.05) is 12.7 Å². The number of unbranched alkanes of at least 4 members (excludes halogenated alkanes) is 1. The standard InChI is InChI=1S/C9H13N5/c1-2-3-4-14-8-7(6-12-14)5-11-9(10)13-8/h5-6H,2-4H2,1H3,(H2,10,11,13). The number of nitrogen functional groups attached to an aromatic ring is 1. The highest BCUT2D eigenvalue weighted by Crippen LogP contribution is 2.11. The highest BCUT2D eigenvalue weighted by molar-refractivity contribution is 5.74. The second kappa shape index (κ2) is 3.61. The van der Waals surface area contributed by atoms with Crippen LogP contribution in [0.4, 0.5) is 5.95 Å². The first-order chi connectivity index (χ1) is 6.81. The minimum absolute atomic E-state index is 0.302. The van der Waals surface area contributed by atoms with E-state index in [9.17, 15) is 0 Å². The van der Waals surface area contributed by atoms with Gasteiger partial charge < -0.3 is 5.73 Å². The highest BCUT2D eigenvalue weighted by Gasteiger charge is 2.03. The van der Waals surface area contributed by atoms with E-state index in [-0.39, 0.29) is 0 Å². The molecule has 0 aromatic carbocycles. The molecule has 0 spiro atoms. The number of hydrogen-bond donors (Lipinski definition) is 1. The van der Waals surface area contributed by atoms with Crippen molar-refractivity contribution in [1.82, 2.24) is 19.7 Å². The van der Waals surface area contributed by atoms with E-state index in [2.05, 4.69) is 22.0 Å². The molecule has 0 atom stereocenters. The molecule has 0 saturated heterocycles. The van der Waals surface area contributed by atoms with Crippen molar-refractivity contribution < 1.29 is 0 Å². The lowest BCUT2D eigenvalue weighted by atomic mass is 10.3. The van der Waals surface area contributed by atoms with Gasteiger partial charge in [-0.25, -0.2) is 9.67 Å². The van der Waals surface area contributed by atoms with Crippen LogP contribution in [0.2, 0.25) is 0 Å². The summed E-state index contributed by atoms with van der Waals surface area (Å²) in [6, 6.07) is 0. The largest absolute Gasteiger partial charge is 0.368 e. The Labute approximate surface area is 82.0 Å². The number of anilines is 1. The monoisotopic (exact) mass is 191 g/mol. The fourth-order valence-corrected chi connectivity index (χ4v) is 1.35. The van der Waals surface area contributed by atoms with Gasteiger partial charge in [0.15, 0.2) is 5.65 Å². The Morgan fingerprint density at radius 1 is 1.43 bits per heavy atom. The molecule has 0 aliphatic carbocycles. The van der Waals surface area contributed by atoms with Gasteiger partial charge in [0.05, 0.1) is 11.6 Å². The third-order valence-corrected chi connectivity index (χ3v) is 2.12. The van der Waals surface area contributed by atoms with Crippen LogP contribution in [0, 0.1) is 0 Å². The number of aromatic nitrogens is 4. The zero-order valence-electron chi connectivity index (χ0n) is 8.14. The Morgan fingerprint density at radius 2 is 2.29 bits per heavy atom. The minimum Gasteiger partial charge on any atom is -0.368 e. The second-order valence-electron chi connectivity index (χ2n) is 3.23. The number of rotatable bonds is 3. The van der Waals surface area contributed by atoms with Gasteiger partial charge in [-0.1, -0.05) is 13.3 Å². The first kappa shape index (κ1) is 8.93. The summed E-state index contributed by atoms with van der Waals surface area (Å²) in [6.45, 7) is 3.03. The van der Waals surface area contributed by atoms with Crippen molar-refractivity contribution in [3.05, 3.63) is 12.4 Å². The van der Waals surface area contributed by atoms with E-state index in [0.29, 0.717) is 5.95 Å². The summed E-state index contributed by atoms with van der Waals surface area (Å²) in [6.07, 6.45) is 5.71. The van der Waals surface area contributed by atoms with E-state index in [1.54, 1.807) is 12.4 Å². The van der Waals surface area contributed by atoms with Gasteiger partial charge >= 0.3 is 0 Å². The fourth-order valence-electron chi connectivity index (χ4n) is 1.35. The topological polar surface area (TPSA) is 69.6 Å². The number of aryl methyl sites for hydroxylation is 1. The van der Waals surface area contributed by atoms with Gasteiger partial charge in [-0.2, -0.15) is 10.1 Å². The molecule has 5 nitrogen and oxygen atoms in total. The Balaban J connectivity index is 2.40. The zero-order valence-corrected chi connectivity index (χ0v) is 8.14. The van der Waals surface area contributed by atoms with E-state index in [4.69, 9.17) is 5.73 Å².